The molecule has 2 saturated heterocycles. The lowest BCUT2D eigenvalue weighted by atomic mass is 10.0. The van der Waals surface area contributed by atoms with Gasteiger partial charge in [-0.1, -0.05) is 18.2 Å². The second-order valence-electron chi connectivity index (χ2n) is 7.57. The largest absolute Gasteiger partial charge is 0.508 e. The molecule has 0 radical (unpaired) electrons. The number of carbonyl (C=O) groups is 1. The molecule has 2 aromatic carbocycles. The van der Waals surface area contributed by atoms with Gasteiger partial charge in [-0.05, 0) is 43.2 Å². The summed E-state index contributed by atoms with van der Waals surface area (Å²) in [5, 5.41) is 9.64. The van der Waals surface area contributed by atoms with Crippen LogP contribution in [0.15, 0.2) is 48.5 Å². The van der Waals surface area contributed by atoms with Gasteiger partial charge in [0.15, 0.2) is 0 Å². The zero-order chi connectivity index (χ0) is 19.5. The molecule has 0 saturated carbocycles. The molecule has 4 rings (SSSR count). The van der Waals surface area contributed by atoms with Crippen molar-refractivity contribution in [1.82, 2.24) is 9.80 Å². The number of phenols is 1. The van der Waals surface area contributed by atoms with Crippen LogP contribution >= 0.6 is 0 Å². The third kappa shape index (κ3) is 3.97. The van der Waals surface area contributed by atoms with E-state index in [0.29, 0.717) is 23.8 Å². The first kappa shape index (κ1) is 18.7. The van der Waals surface area contributed by atoms with Gasteiger partial charge in [0.05, 0.1) is 5.69 Å². The number of nitrogens with zero attached hydrogens (tertiary/aromatic N) is 3. The molecular formula is C22H26FN3O2. The Labute approximate surface area is 165 Å². The molecule has 0 aromatic heterocycles. The van der Waals surface area contributed by atoms with Crippen molar-refractivity contribution >= 4 is 11.6 Å². The molecule has 1 amide bonds. The summed E-state index contributed by atoms with van der Waals surface area (Å²) in [6.07, 6.45) is 2.05. The van der Waals surface area contributed by atoms with Crippen LogP contribution in [0.25, 0.3) is 0 Å². The highest BCUT2D eigenvalue weighted by Crippen LogP contribution is 2.24. The molecule has 2 fully saturated rings. The molecular weight excluding hydrogens is 357 g/mol. The molecule has 2 aliphatic rings. The average Bonchev–Trinajstić information content (AvgIpc) is 2.74. The normalized spacial score (nSPS) is 21.0. The summed E-state index contributed by atoms with van der Waals surface area (Å²) in [6, 6.07) is 13.8. The maximum absolute atomic E-state index is 14.0. The number of likely N-dealkylation sites (tertiary alicyclic amines) is 1. The minimum atomic E-state index is -0.170. The van der Waals surface area contributed by atoms with Gasteiger partial charge in [0, 0.05) is 50.9 Å². The summed E-state index contributed by atoms with van der Waals surface area (Å²) in [5.41, 5.74) is 1.21. The highest BCUT2D eigenvalue weighted by molar-refractivity contribution is 5.94. The van der Waals surface area contributed by atoms with E-state index in [1.54, 1.807) is 24.3 Å². The summed E-state index contributed by atoms with van der Waals surface area (Å²) in [4.78, 5) is 19.2. The van der Waals surface area contributed by atoms with E-state index in [0.717, 1.165) is 45.6 Å². The van der Waals surface area contributed by atoms with Gasteiger partial charge in [0.2, 0.25) is 0 Å². The lowest BCUT2D eigenvalue weighted by molar-refractivity contribution is 0.0563. The Kier molecular flexibility index (Phi) is 5.48. The Morgan fingerprint density at radius 2 is 1.79 bits per heavy atom. The number of piperazine rings is 1. The number of halogens is 1. The van der Waals surface area contributed by atoms with Crippen LogP contribution < -0.4 is 4.90 Å². The van der Waals surface area contributed by atoms with Gasteiger partial charge in [-0.3, -0.25) is 9.69 Å². The zero-order valence-corrected chi connectivity index (χ0v) is 15.9. The van der Waals surface area contributed by atoms with Crippen molar-refractivity contribution in [3.63, 3.8) is 0 Å². The van der Waals surface area contributed by atoms with Crippen LogP contribution in [0.5, 0.6) is 5.75 Å². The van der Waals surface area contributed by atoms with Crippen molar-refractivity contribution in [2.24, 2.45) is 0 Å². The number of piperidine rings is 1. The van der Waals surface area contributed by atoms with Gasteiger partial charge in [-0.25, -0.2) is 4.39 Å². The number of carbonyl (C=O) groups excluding carboxylic acids is 1. The average molecular weight is 383 g/mol. The Bertz CT molecular complexity index is 836. The molecule has 2 aromatic rings. The van der Waals surface area contributed by atoms with Gasteiger partial charge >= 0.3 is 0 Å². The molecule has 2 aliphatic heterocycles. The summed E-state index contributed by atoms with van der Waals surface area (Å²) < 4.78 is 14.0. The maximum Gasteiger partial charge on any atom is 0.254 e. The Balaban J connectivity index is 1.37. The fourth-order valence-electron chi connectivity index (χ4n) is 4.29. The van der Waals surface area contributed by atoms with E-state index in [-0.39, 0.29) is 17.5 Å². The van der Waals surface area contributed by atoms with Crippen LogP contribution in [-0.2, 0) is 0 Å². The van der Waals surface area contributed by atoms with Crippen LogP contribution in [-0.4, -0.2) is 66.1 Å². The number of rotatable bonds is 3. The number of phenolic OH excluding ortho intramolecular Hbond substituents is 1. The van der Waals surface area contributed by atoms with Crippen molar-refractivity contribution in [2.45, 2.75) is 18.9 Å². The molecule has 0 aliphatic carbocycles. The molecule has 1 N–H and O–H groups in total. The number of hydrogen-bond donors (Lipinski definition) is 1. The van der Waals surface area contributed by atoms with Crippen molar-refractivity contribution in [3.8, 4) is 5.75 Å². The van der Waals surface area contributed by atoms with Crippen molar-refractivity contribution in [2.75, 3.05) is 44.2 Å². The number of hydrogen-bond acceptors (Lipinski definition) is 4. The van der Waals surface area contributed by atoms with E-state index in [4.69, 9.17) is 0 Å². The smallest absolute Gasteiger partial charge is 0.254 e. The monoisotopic (exact) mass is 383 g/mol. The number of benzene rings is 2. The third-order valence-electron chi connectivity index (χ3n) is 5.80. The van der Waals surface area contributed by atoms with E-state index < -0.39 is 0 Å². The van der Waals surface area contributed by atoms with E-state index >= 15 is 0 Å². The van der Waals surface area contributed by atoms with E-state index in [1.165, 1.54) is 12.1 Å². The van der Waals surface area contributed by atoms with Gasteiger partial charge in [-0.2, -0.15) is 0 Å². The molecule has 148 valence electrons. The molecule has 2 heterocycles. The molecule has 0 bridgehead atoms. The Morgan fingerprint density at radius 3 is 2.54 bits per heavy atom. The van der Waals surface area contributed by atoms with E-state index in [1.807, 2.05) is 17.0 Å². The van der Waals surface area contributed by atoms with Crippen LogP contribution in [0.3, 0.4) is 0 Å². The number of aromatic hydroxyl groups is 1. The van der Waals surface area contributed by atoms with Gasteiger partial charge in [-0.15, -0.1) is 0 Å². The topological polar surface area (TPSA) is 47.0 Å². The molecule has 28 heavy (non-hydrogen) atoms. The van der Waals surface area contributed by atoms with Gasteiger partial charge < -0.3 is 14.9 Å². The van der Waals surface area contributed by atoms with Crippen molar-refractivity contribution in [1.29, 1.82) is 0 Å². The number of para-hydroxylation sites is 1. The first-order valence-electron chi connectivity index (χ1n) is 9.93. The predicted molar refractivity (Wildman–Crippen MR) is 107 cm³/mol. The zero-order valence-electron chi connectivity index (χ0n) is 15.9. The first-order valence-corrected chi connectivity index (χ1v) is 9.93. The molecule has 1 atom stereocenters. The molecule has 5 nitrogen and oxygen atoms in total. The van der Waals surface area contributed by atoms with Crippen LogP contribution in [0.2, 0.25) is 0 Å². The van der Waals surface area contributed by atoms with Crippen LogP contribution in [0, 0.1) is 5.82 Å². The number of amides is 1. The fourth-order valence-corrected chi connectivity index (χ4v) is 4.29. The fraction of sp³-hybridized carbons (Fsp3) is 0.409. The summed E-state index contributed by atoms with van der Waals surface area (Å²) >= 11 is 0. The molecule has 0 unspecified atom stereocenters. The SMILES string of the molecule is O=C(c1cccc(O)c1)N1CCC[C@H](N2CCN(c3ccccc3F)CC2)C1. The van der Waals surface area contributed by atoms with E-state index in [9.17, 15) is 14.3 Å². The predicted octanol–water partition coefficient (Wildman–Crippen LogP) is 2.96. The minimum Gasteiger partial charge on any atom is -0.508 e. The highest BCUT2D eigenvalue weighted by atomic mass is 19.1. The van der Waals surface area contributed by atoms with E-state index in [2.05, 4.69) is 9.80 Å². The maximum atomic E-state index is 14.0. The van der Waals surface area contributed by atoms with Gasteiger partial charge in [0.25, 0.3) is 5.91 Å². The first-order chi connectivity index (χ1) is 13.6. The lowest BCUT2D eigenvalue weighted by Crippen LogP contribution is -2.56. The lowest BCUT2D eigenvalue weighted by Gasteiger charge is -2.44. The standard InChI is InChI=1S/C22H26FN3O2/c23-20-8-1-2-9-21(20)25-13-11-24(12-14-25)18-6-4-10-26(16-18)22(28)17-5-3-7-19(27)15-17/h1-3,5,7-9,15,18,27H,4,6,10-14,16H2/t18-/m0/s1. The number of anilines is 1. The Morgan fingerprint density at radius 1 is 1.00 bits per heavy atom. The molecule has 0 spiro atoms. The molecule has 6 heteroatoms. The highest BCUT2D eigenvalue weighted by Gasteiger charge is 2.30. The second-order valence-corrected chi connectivity index (χ2v) is 7.57. The van der Waals surface area contributed by atoms with Crippen molar-refractivity contribution in [3.05, 3.63) is 59.9 Å². The van der Waals surface area contributed by atoms with Crippen LogP contribution in [0.1, 0.15) is 23.2 Å². The Hall–Kier alpha value is -2.60. The van der Waals surface area contributed by atoms with Crippen molar-refractivity contribution < 1.29 is 14.3 Å². The van der Waals surface area contributed by atoms with Gasteiger partial charge in [0.1, 0.15) is 11.6 Å². The third-order valence-corrected chi connectivity index (χ3v) is 5.80. The summed E-state index contributed by atoms with van der Waals surface area (Å²) in [5.74, 6) is -0.0780. The summed E-state index contributed by atoms with van der Waals surface area (Å²) in [6.45, 7) is 4.77. The minimum absolute atomic E-state index is 0.0226. The summed E-state index contributed by atoms with van der Waals surface area (Å²) in [7, 11) is 0. The second kappa shape index (κ2) is 8.19. The quantitative estimate of drug-likeness (QED) is 0.885. The van der Waals surface area contributed by atoms with Crippen LogP contribution in [0.4, 0.5) is 10.1 Å².